The van der Waals surface area contributed by atoms with Gasteiger partial charge in [0.15, 0.2) is 11.6 Å². The summed E-state index contributed by atoms with van der Waals surface area (Å²) in [6, 6.07) is 15.2. The number of hydrogen-bond donors (Lipinski definition) is 0. The van der Waals surface area contributed by atoms with Crippen molar-refractivity contribution < 1.29 is 17.9 Å². The van der Waals surface area contributed by atoms with Gasteiger partial charge in [-0.3, -0.25) is 0 Å². The van der Waals surface area contributed by atoms with Crippen molar-refractivity contribution in [1.29, 1.82) is 0 Å². The molecule has 0 spiro atoms. The number of rotatable bonds is 7. The standard InChI is InChI=1S/C35H35F3O/c1-3-21-39-33-20-19-31(34(37)35(33)38)28-15-13-27(14-16-28)30-18-17-29(22-32(30)36)26-11-9-25(10-12-26)24-7-5-23(4-2)6-8-24/h3-4,11,13-25H,2,5-10,12H2,1H3/b21-3-. The van der Waals surface area contributed by atoms with Gasteiger partial charge in [0.05, 0.1) is 6.26 Å². The van der Waals surface area contributed by atoms with E-state index < -0.39 is 11.6 Å². The molecule has 3 aromatic rings. The number of hydrogen-bond acceptors (Lipinski definition) is 1. The molecule has 0 aliphatic heterocycles. The molecule has 0 heterocycles. The van der Waals surface area contributed by atoms with Crippen LogP contribution in [0.1, 0.15) is 57.4 Å². The molecule has 1 unspecified atom stereocenters. The SMILES string of the molecule is C=CC1CCC(C2CC=C(c3ccc(-c4ccc(-c5ccc(O/C=C\C)c(F)c5F)cc4)c(F)c3)CC2)CC1. The Morgan fingerprint density at radius 2 is 1.44 bits per heavy atom. The highest BCUT2D eigenvalue weighted by Crippen LogP contribution is 2.42. The maximum absolute atomic E-state index is 15.3. The van der Waals surface area contributed by atoms with E-state index >= 15 is 4.39 Å². The van der Waals surface area contributed by atoms with Gasteiger partial charge in [0, 0.05) is 11.1 Å². The van der Waals surface area contributed by atoms with Crippen LogP contribution in [0.4, 0.5) is 13.2 Å². The van der Waals surface area contributed by atoms with Gasteiger partial charge in [0.1, 0.15) is 5.82 Å². The molecule has 202 valence electrons. The molecule has 0 radical (unpaired) electrons. The Hall–Kier alpha value is -3.53. The van der Waals surface area contributed by atoms with E-state index in [1.807, 2.05) is 12.1 Å². The van der Waals surface area contributed by atoms with Gasteiger partial charge in [0.2, 0.25) is 5.82 Å². The number of allylic oxidation sites excluding steroid dienone is 4. The second kappa shape index (κ2) is 12.1. The first kappa shape index (κ1) is 27.1. The molecule has 1 fully saturated rings. The molecule has 39 heavy (non-hydrogen) atoms. The van der Waals surface area contributed by atoms with Crippen molar-refractivity contribution in [3.63, 3.8) is 0 Å². The Kier molecular flexibility index (Phi) is 8.40. The van der Waals surface area contributed by atoms with E-state index in [9.17, 15) is 8.78 Å². The lowest BCUT2D eigenvalue weighted by molar-refractivity contribution is 0.212. The fraction of sp³-hybridized carbons (Fsp3) is 0.314. The van der Waals surface area contributed by atoms with Gasteiger partial charge in [0.25, 0.3) is 0 Å². The summed E-state index contributed by atoms with van der Waals surface area (Å²) in [5.41, 5.74) is 3.97. The third kappa shape index (κ3) is 5.90. The summed E-state index contributed by atoms with van der Waals surface area (Å²) in [7, 11) is 0. The highest BCUT2D eigenvalue weighted by atomic mass is 19.2. The minimum absolute atomic E-state index is 0.124. The van der Waals surface area contributed by atoms with Gasteiger partial charge >= 0.3 is 0 Å². The highest BCUT2D eigenvalue weighted by Gasteiger charge is 2.28. The first-order chi connectivity index (χ1) is 19.0. The molecule has 0 aromatic heterocycles. The van der Waals surface area contributed by atoms with Crippen molar-refractivity contribution in [2.45, 2.75) is 51.9 Å². The number of halogens is 3. The second-order valence-corrected chi connectivity index (χ2v) is 10.8. The fourth-order valence-electron chi connectivity index (χ4n) is 6.16. The van der Waals surface area contributed by atoms with Gasteiger partial charge in [-0.2, -0.15) is 4.39 Å². The van der Waals surface area contributed by atoms with Gasteiger partial charge in [-0.25, -0.2) is 8.78 Å². The quantitative estimate of drug-likeness (QED) is 0.219. The van der Waals surface area contributed by atoms with Crippen molar-refractivity contribution in [2.24, 2.45) is 17.8 Å². The minimum atomic E-state index is -1.04. The lowest BCUT2D eigenvalue weighted by atomic mass is 9.71. The van der Waals surface area contributed by atoms with Crippen LogP contribution in [0.2, 0.25) is 0 Å². The van der Waals surface area contributed by atoms with E-state index in [4.69, 9.17) is 4.74 Å². The maximum atomic E-state index is 15.3. The summed E-state index contributed by atoms with van der Waals surface area (Å²) in [6.07, 6.45) is 15.7. The van der Waals surface area contributed by atoms with Crippen molar-refractivity contribution >= 4 is 5.57 Å². The monoisotopic (exact) mass is 528 g/mol. The van der Waals surface area contributed by atoms with Crippen LogP contribution in [0.15, 0.2) is 85.7 Å². The third-order valence-electron chi connectivity index (χ3n) is 8.49. The molecular weight excluding hydrogens is 493 g/mol. The smallest absolute Gasteiger partial charge is 0.201 e. The molecule has 5 rings (SSSR count). The predicted molar refractivity (Wildman–Crippen MR) is 154 cm³/mol. The molecule has 2 aliphatic rings. The molecular formula is C35H35F3O. The van der Waals surface area contributed by atoms with E-state index in [1.165, 1.54) is 56.1 Å². The van der Waals surface area contributed by atoms with E-state index in [0.29, 0.717) is 22.6 Å². The van der Waals surface area contributed by atoms with Gasteiger partial charge in [-0.1, -0.05) is 54.6 Å². The molecule has 1 atom stereocenters. The van der Waals surface area contributed by atoms with Crippen LogP contribution in [0.5, 0.6) is 5.75 Å². The first-order valence-corrected chi connectivity index (χ1v) is 14.0. The Labute approximate surface area is 229 Å². The van der Waals surface area contributed by atoms with Crippen LogP contribution in [-0.4, -0.2) is 0 Å². The largest absolute Gasteiger partial charge is 0.462 e. The summed E-state index contributed by atoms with van der Waals surface area (Å²) in [6.45, 7) is 5.68. The maximum Gasteiger partial charge on any atom is 0.201 e. The molecule has 2 aliphatic carbocycles. The summed E-state index contributed by atoms with van der Waals surface area (Å²) >= 11 is 0. The third-order valence-corrected chi connectivity index (χ3v) is 8.49. The number of benzene rings is 3. The van der Waals surface area contributed by atoms with Crippen LogP contribution < -0.4 is 4.74 Å². The Bertz CT molecular complexity index is 1380. The van der Waals surface area contributed by atoms with Crippen molar-refractivity contribution in [1.82, 2.24) is 0 Å². The average Bonchev–Trinajstić information content (AvgIpc) is 2.98. The Morgan fingerprint density at radius 3 is 2.05 bits per heavy atom. The van der Waals surface area contributed by atoms with Crippen LogP contribution in [0, 0.1) is 35.2 Å². The minimum Gasteiger partial charge on any atom is -0.462 e. The molecule has 0 amide bonds. The van der Waals surface area contributed by atoms with E-state index in [-0.39, 0.29) is 17.1 Å². The van der Waals surface area contributed by atoms with E-state index in [2.05, 4.69) is 18.7 Å². The molecule has 1 saturated carbocycles. The lowest BCUT2D eigenvalue weighted by Crippen LogP contribution is -2.22. The summed E-state index contributed by atoms with van der Waals surface area (Å²) in [5.74, 6) is -0.255. The topological polar surface area (TPSA) is 9.23 Å². The Morgan fingerprint density at radius 1 is 0.769 bits per heavy atom. The van der Waals surface area contributed by atoms with Crippen molar-refractivity contribution in [2.75, 3.05) is 0 Å². The molecule has 0 N–H and O–H groups in total. The zero-order valence-corrected chi connectivity index (χ0v) is 22.4. The predicted octanol–water partition coefficient (Wildman–Crippen LogP) is 10.5. The van der Waals surface area contributed by atoms with Crippen LogP contribution in [0.25, 0.3) is 27.8 Å². The van der Waals surface area contributed by atoms with E-state index in [1.54, 1.807) is 43.3 Å². The average molecular weight is 529 g/mol. The second-order valence-electron chi connectivity index (χ2n) is 10.8. The van der Waals surface area contributed by atoms with Gasteiger partial charge in [-0.05, 0) is 110 Å². The summed E-state index contributed by atoms with van der Waals surface area (Å²) in [5, 5.41) is 0. The van der Waals surface area contributed by atoms with E-state index in [0.717, 1.165) is 30.2 Å². The first-order valence-electron chi connectivity index (χ1n) is 14.0. The highest BCUT2D eigenvalue weighted by molar-refractivity contribution is 5.74. The summed E-state index contributed by atoms with van der Waals surface area (Å²) < 4.78 is 49.5. The Balaban J connectivity index is 1.27. The fourth-order valence-corrected chi connectivity index (χ4v) is 6.16. The van der Waals surface area contributed by atoms with Gasteiger partial charge in [-0.15, -0.1) is 6.58 Å². The normalized spacial score (nSPS) is 21.5. The van der Waals surface area contributed by atoms with Crippen molar-refractivity contribution in [3.8, 4) is 28.0 Å². The summed E-state index contributed by atoms with van der Waals surface area (Å²) in [4.78, 5) is 0. The number of ether oxygens (including phenoxy) is 1. The van der Waals surface area contributed by atoms with Crippen LogP contribution in [-0.2, 0) is 0 Å². The molecule has 0 saturated heterocycles. The van der Waals surface area contributed by atoms with Crippen molar-refractivity contribution in [3.05, 3.63) is 109 Å². The zero-order valence-electron chi connectivity index (χ0n) is 22.4. The molecule has 1 nitrogen and oxygen atoms in total. The van der Waals surface area contributed by atoms with Crippen LogP contribution >= 0.6 is 0 Å². The van der Waals surface area contributed by atoms with Crippen LogP contribution in [0.3, 0.4) is 0 Å². The molecule has 0 bridgehead atoms. The zero-order chi connectivity index (χ0) is 27.4. The molecule has 4 heteroatoms. The lowest BCUT2D eigenvalue weighted by Gasteiger charge is -2.34. The molecule has 3 aromatic carbocycles. The van der Waals surface area contributed by atoms with Gasteiger partial charge < -0.3 is 4.74 Å².